The first-order valence-electron chi connectivity index (χ1n) is 9.19. The van der Waals surface area contributed by atoms with Crippen molar-refractivity contribution in [3.8, 4) is 0 Å². The molecule has 1 N–H and O–H groups in total. The van der Waals surface area contributed by atoms with Crippen molar-refractivity contribution in [1.82, 2.24) is 19.6 Å². The van der Waals surface area contributed by atoms with Crippen molar-refractivity contribution in [3.63, 3.8) is 0 Å². The highest BCUT2D eigenvalue weighted by Gasteiger charge is 2.25. The molecule has 0 aliphatic carbocycles. The van der Waals surface area contributed by atoms with Crippen LogP contribution in [-0.4, -0.2) is 38.8 Å². The lowest BCUT2D eigenvalue weighted by atomic mass is 10.1. The lowest BCUT2D eigenvalue weighted by Crippen LogP contribution is -2.41. The van der Waals surface area contributed by atoms with Crippen molar-refractivity contribution >= 4 is 11.5 Å². The number of nitrogens with one attached hydrogen (secondary N) is 1. The molecule has 0 atom stereocenters. The van der Waals surface area contributed by atoms with Crippen LogP contribution in [0.15, 0.2) is 23.0 Å². The van der Waals surface area contributed by atoms with Crippen molar-refractivity contribution in [2.24, 2.45) is 0 Å². The fourth-order valence-corrected chi connectivity index (χ4v) is 3.59. The molecule has 0 amide bonds. The van der Waals surface area contributed by atoms with Crippen molar-refractivity contribution in [3.05, 3.63) is 57.3 Å². The van der Waals surface area contributed by atoms with Gasteiger partial charge in [-0.1, -0.05) is 12.1 Å². The van der Waals surface area contributed by atoms with Gasteiger partial charge in [-0.25, -0.2) is 13.8 Å². The summed E-state index contributed by atoms with van der Waals surface area (Å²) in [4.78, 5) is 23.4. The van der Waals surface area contributed by atoms with E-state index in [1.54, 1.807) is 13.8 Å². The Labute approximate surface area is 160 Å². The summed E-state index contributed by atoms with van der Waals surface area (Å²) in [6, 6.07) is 4.07. The van der Waals surface area contributed by atoms with E-state index >= 15 is 0 Å². The maximum absolute atomic E-state index is 13.7. The molecule has 0 unspecified atom stereocenters. The van der Waals surface area contributed by atoms with Gasteiger partial charge in [0.2, 0.25) is 0 Å². The maximum atomic E-state index is 13.7. The van der Waals surface area contributed by atoms with Crippen LogP contribution in [-0.2, 0) is 11.3 Å². The van der Waals surface area contributed by atoms with Crippen LogP contribution in [0.4, 0.5) is 14.5 Å². The Hall–Kier alpha value is -2.81. The Bertz CT molecular complexity index is 1070. The molecule has 7 nitrogen and oxygen atoms in total. The molecule has 3 aromatic rings. The Kier molecular flexibility index (Phi) is 4.84. The summed E-state index contributed by atoms with van der Waals surface area (Å²) in [5.41, 5.74) is 1.22. The number of hydrogen-bond donors (Lipinski definition) is 1. The maximum Gasteiger partial charge on any atom is 0.297 e. The number of aromatic nitrogens is 4. The smallest absolute Gasteiger partial charge is 0.297 e. The van der Waals surface area contributed by atoms with Gasteiger partial charge in [0.05, 0.1) is 18.4 Å². The van der Waals surface area contributed by atoms with Crippen LogP contribution < -0.4 is 10.5 Å². The summed E-state index contributed by atoms with van der Waals surface area (Å²) in [5, 5.41) is 2.90. The molecule has 1 aliphatic heterocycles. The quantitative estimate of drug-likeness (QED) is 0.742. The summed E-state index contributed by atoms with van der Waals surface area (Å²) in [6.45, 7) is 4.83. The third-order valence-electron chi connectivity index (χ3n) is 5.02. The topological polar surface area (TPSA) is 75.5 Å². The van der Waals surface area contributed by atoms with Crippen LogP contribution in [0.5, 0.6) is 0 Å². The molecule has 28 heavy (non-hydrogen) atoms. The molecule has 1 fully saturated rings. The molecular weight excluding hydrogens is 368 g/mol. The fraction of sp³-hybridized carbons (Fsp3) is 0.421. The number of aryl methyl sites for hydroxylation is 2. The number of fused-ring (bicyclic) bond motifs is 1. The largest absolute Gasteiger partial charge is 0.373 e. The minimum atomic E-state index is -0.871. The Morgan fingerprint density at radius 3 is 2.71 bits per heavy atom. The van der Waals surface area contributed by atoms with E-state index in [1.165, 1.54) is 16.6 Å². The molecule has 0 spiro atoms. The molecule has 1 aliphatic rings. The number of piperidine rings is 1. The van der Waals surface area contributed by atoms with E-state index < -0.39 is 11.6 Å². The molecule has 3 heterocycles. The summed E-state index contributed by atoms with van der Waals surface area (Å²) in [7, 11) is 0. The summed E-state index contributed by atoms with van der Waals surface area (Å²) < 4.78 is 34.2. The van der Waals surface area contributed by atoms with Crippen molar-refractivity contribution in [1.29, 1.82) is 0 Å². The van der Waals surface area contributed by atoms with Crippen LogP contribution in [0.2, 0.25) is 0 Å². The normalized spacial score (nSPS) is 15.5. The lowest BCUT2D eigenvalue weighted by Gasteiger charge is -2.33. The minimum Gasteiger partial charge on any atom is -0.373 e. The van der Waals surface area contributed by atoms with Gasteiger partial charge in [-0.2, -0.15) is 9.50 Å². The van der Waals surface area contributed by atoms with Gasteiger partial charge in [0, 0.05) is 18.7 Å². The van der Waals surface area contributed by atoms with Gasteiger partial charge >= 0.3 is 0 Å². The second-order valence-corrected chi connectivity index (χ2v) is 7.01. The Balaban J connectivity index is 1.44. The fourth-order valence-electron chi connectivity index (χ4n) is 3.59. The second kappa shape index (κ2) is 7.31. The van der Waals surface area contributed by atoms with E-state index in [9.17, 15) is 13.6 Å². The van der Waals surface area contributed by atoms with Gasteiger partial charge in [0.15, 0.2) is 11.6 Å². The second-order valence-electron chi connectivity index (χ2n) is 7.01. The third-order valence-corrected chi connectivity index (χ3v) is 5.02. The molecule has 0 bridgehead atoms. The van der Waals surface area contributed by atoms with E-state index in [0.29, 0.717) is 48.9 Å². The van der Waals surface area contributed by atoms with Gasteiger partial charge in [0.25, 0.3) is 11.3 Å². The van der Waals surface area contributed by atoms with Gasteiger partial charge in [-0.3, -0.25) is 9.89 Å². The van der Waals surface area contributed by atoms with Gasteiger partial charge in [-0.15, -0.1) is 0 Å². The first-order chi connectivity index (χ1) is 13.4. The standard InChI is InChI=1S/C19H21F2N5O2/c1-11-17(18(27)26-19(22-11)23-12(2)24-26)25-8-6-14(7-9-25)28-10-13-4-3-5-15(20)16(13)21/h3-5,14H,6-10H2,1-2H3,(H,22,23,24). The SMILES string of the molecule is Cc1nc2nc(C)c(N3CCC(OCc4cccc(F)c4F)CC3)c(=O)n2[nH]1. The molecule has 148 valence electrons. The molecule has 9 heteroatoms. The third kappa shape index (κ3) is 3.37. The Morgan fingerprint density at radius 2 is 1.96 bits per heavy atom. The van der Waals surface area contributed by atoms with E-state index in [4.69, 9.17) is 4.74 Å². The first-order valence-corrected chi connectivity index (χ1v) is 9.19. The average molecular weight is 389 g/mol. The van der Waals surface area contributed by atoms with Crippen LogP contribution >= 0.6 is 0 Å². The number of anilines is 1. The van der Waals surface area contributed by atoms with Crippen LogP contribution in [0.1, 0.15) is 29.9 Å². The first kappa shape index (κ1) is 18.5. The summed E-state index contributed by atoms with van der Waals surface area (Å²) >= 11 is 0. The van der Waals surface area contributed by atoms with Gasteiger partial charge in [0.1, 0.15) is 11.5 Å². The van der Waals surface area contributed by atoms with E-state index in [0.717, 1.165) is 6.07 Å². The number of nitrogens with zero attached hydrogens (tertiary/aromatic N) is 4. The number of ether oxygens (including phenoxy) is 1. The summed E-state index contributed by atoms with van der Waals surface area (Å²) in [5.74, 6) is -0.751. The molecule has 1 aromatic carbocycles. The molecule has 4 rings (SSSR count). The van der Waals surface area contributed by atoms with Crippen molar-refractivity contribution in [2.45, 2.75) is 39.4 Å². The number of hydrogen-bond acceptors (Lipinski definition) is 5. The summed E-state index contributed by atoms with van der Waals surface area (Å²) in [6.07, 6.45) is 1.29. The highest BCUT2D eigenvalue weighted by molar-refractivity contribution is 5.52. The predicted molar refractivity (Wildman–Crippen MR) is 99.5 cm³/mol. The number of H-pyrrole nitrogens is 1. The van der Waals surface area contributed by atoms with E-state index in [-0.39, 0.29) is 23.8 Å². The van der Waals surface area contributed by atoms with Gasteiger partial charge in [-0.05, 0) is 32.8 Å². The molecular formula is C19H21F2N5O2. The zero-order valence-electron chi connectivity index (χ0n) is 15.7. The van der Waals surface area contributed by atoms with E-state index in [1.807, 2.05) is 4.90 Å². The molecule has 0 saturated carbocycles. The number of halogens is 2. The van der Waals surface area contributed by atoms with E-state index in [2.05, 4.69) is 15.1 Å². The highest BCUT2D eigenvalue weighted by atomic mass is 19.2. The van der Waals surface area contributed by atoms with Gasteiger partial charge < -0.3 is 9.64 Å². The lowest BCUT2D eigenvalue weighted by molar-refractivity contribution is 0.0235. The van der Waals surface area contributed by atoms with Crippen molar-refractivity contribution < 1.29 is 13.5 Å². The minimum absolute atomic E-state index is 0.0247. The van der Waals surface area contributed by atoms with Crippen molar-refractivity contribution in [2.75, 3.05) is 18.0 Å². The van der Waals surface area contributed by atoms with Crippen LogP contribution in [0.3, 0.4) is 0 Å². The van der Waals surface area contributed by atoms with Crippen LogP contribution in [0.25, 0.3) is 5.78 Å². The van der Waals surface area contributed by atoms with Crippen LogP contribution in [0, 0.1) is 25.5 Å². The molecule has 0 radical (unpaired) electrons. The monoisotopic (exact) mass is 389 g/mol. The zero-order chi connectivity index (χ0) is 19.8. The molecule has 1 saturated heterocycles. The number of aromatic amines is 1. The zero-order valence-corrected chi connectivity index (χ0v) is 15.7. The average Bonchev–Trinajstić information content (AvgIpc) is 3.04. The number of rotatable bonds is 4. The molecule has 2 aromatic heterocycles. The Morgan fingerprint density at radius 1 is 1.21 bits per heavy atom. The highest BCUT2D eigenvalue weighted by Crippen LogP contribution is 2.22. The predicted octanol–water partition coefficient (Wildman–Crippen LogP) is 2.50. The number of benzene rings is 1.